The topological polar surface area (TPSA) is 134 Å². The van der Waals surface area contributed by atoms with E-state index in [1.807, 2.05) is 48.5 Å². The molecule has 1 amide bonds. The highest BCUT2D eigenvalue weighted by Crippen LogP contribution is 2.34. The fourth-order valence-corrected chi connectivity index (χ4v) is 5.65. The Hall–Kier alpha value is -6.12. The van der Waals surface area contributed by atoms with Gasteiger partial charge in [0.25, 0.3) is 5.91 Å². The summed E-state index contributed by atoms with van der Waals surface area (Å²) in [7, 11) is 0. The lowest BCUT2D eigenvalue weighted by molar-refractivity contribution is -0.192. The molecule has 7 rings (SSSR count). The van der Waals surface area contributed by atoms with Gasteiger partial charge in [0.15, 0.2) is 11.5 Å². The van der Waals surface area contributed by atoms with Crippen LogP contribution in [0.2, 0.25) is 0 Å². The third kappa shape index (κ3) is 7.16. The smallest absolute Gasteiger partial charge is 0.486 e. The molecule has 5 aromatic rings. The van der Waals surface area contributed by atoms with Crippen molar-refractivity contribution in [1.29, 1.82) is 0 Å². The summed E-state index contributed by atoms with van der Waals surface area (Å²) in [5.74, 6) is -2.57. The summed E-state index contributed by atoms with van der Waals surface area (Å²) in [5.41, 5.74) is 2.71. The number of piperazine rings is 1. The van der Waals surface area contributed by atoms with Gasteiger partial charge in [-0.3, -0.25) is 9.36 Å². The van der Waals surface area contributed by atoms with Crippen LogP contribution in [0.15, 0.2) is 85.1 Å². The molecule has 1 aromatic heterocycles. The van der Waals surface area contributed by atoms with Gasteiger partial charge in [0.2, 0.25) is 0 Å². The maximum atomic E-state index is 13.7. The Kier molecular flexibility index (Phi) is 9.31. The summed E-state index contributed by atoms with van der Waals surface area (Å²) < 4.78 is 58.7. The second kappa shape index (κ2) is 13.8. The largest absolute Gasteiger partial charge is 0.490 e. The lowest BCUT2D eigenvalue weighted by atomic mass is 10.0. The molecular weight excluding hydrogens is 664 g/mol. The number of anilines is 1. The van der Waals surface area contributed by atoms with Gasteiger partial charge in [-0.15, -0.1) is 0 Å². The van der Waals surface area contributed by atoms with Crippen LogP contribution >= 0.6 is 0 Å². The van der Waals surface area contributed by atoms with Crippen molar-refractivity contribution < 1.29 is 51.6 Å². The van der Waals surface area contributed by atoms with Gasteiger partial charge >= 0.3 is 18.1 Å². The van der Waals surface area contributed by atoms with E-state index in [0.29, 0.717) is 67.7 Å². The number of ether oxygens (including phenoxy) is 2. The van der Waals surface area contributed by atoms with Crippen molar-refractivity contribution in [2.45, 2.75) is 6.18 Å². The third-order valence-electron chi connectivity index (χ3n) is 8.08. The quantitative estimate of drug-likeness (QED) is 0.216. The third-order valence-corrected chi connectivity index (χ3v) is 8.08. The number of alkyl halides is 3. The second-order valence-corrected chi connectivity index (χ2v) is 11.3. The lowest BCUT2D eigenvalue weighted by Crippen LogP contribution is -2.49. The molecule has 0 radical (unpaired) electrons. The molecule has 15 heteroatoms. The van der Waals surface area contributed by atoms with Crippen molar-refractivity contribution in [3.8, 4) is 28.6 Å². The average Bonchev–Trinajstić information content (AvgIpc) is 3.56. The highest BCUT2D eigenvalue weighted by Gasteiger charge is 2.38. The maximum Gasteiger partial charge on any atom is 0.490 e. The normalized spacial score (nSPS) is 14.2. The van der Waals surface area contributed by atoms with E-state index in [9.17, 15) is 32.3 Å². The molecule has 0 bridgehead atoms. The first-order chi connectivity index (χ1) is 23.9. The summed E-state index contributed by atoms with van der Waals surface area (Å²) in [5, 5.41) is 18.5. The second-order valence-electron chi connectivity index (χ2n) is 11.3. The number of carbonyl (C=O) groups is 3. The molecule has 0 unspecified atom stereocenters. The van der Waals surface area contributed by atoms with Crippen LogP contribution in [0.1, 0.15) is 20.8 Å². The number of imidazole rings is 1. The Labute approximate surface area is 281 Å². The van der Waals surface area contributed by atoms with Crippen molar-refractivity contribution in [1.82, 2.24) is 14.5 Å². The monoisotopic (exact) mass is 692 g/mol. The van der Waals surface area contributed by atoms with Crippen LogP contribution in [-0.4, -0.2) is 88.1 Å². The number of hydrogen-bond acceptors (Lipinski definition) is 7. The fraction of sp³-hybridized carbons (Fsp3) is 0.200. The number of hydrogen-bond donors (Lipinski definition) is 2. The zero-order valence-corrected chi connectivity index (χ0v) is 26.1. The number of aromatic nitrogens is 2. The van der Waals surface area contributed by atoms with Crippen molar-refractivity contribution in [3.05, 3.63) is 102 Å². The standard InChI is InChI=1S/C33H27FN4O5.C2HF3O2/c34-23-7-5-21(6-8-23)31-35-28(20-38(31)24-9-10-29-30(19-24)43-16-15-42-29)32(39)37-13-11-36(12-14-37)25-17-22-3-1-2-4-26(22)27(18-25)33(40)41;3-2(4,5)1(6)7/h1-10,17-20H,11-16H2,(H,40,41);(H,6,7). The van der Waals surface area contributed by atoms with E-state index in [0.717, 1.165) is 16.8 Å². The average molecular weight is 693 g/mol. The molecule has 3 heterocycles. The van der Waals surface area contributed by atoms with Gasteiger partial charge in [-0.05, 0) is 59.3 Å². The Morgan fingerprint density at radius 2 is 1.44 bits per heavy atom. The van der Waals surface area contributed by atoms with Crippen LogP contribution in [0.25, 0.3) is 27.8 Å². The zero-order chi connectivity index (χ0) is 35.6. The molecule has 0 saturated carbocycles. The SMILES string of the molecule is O=C(O)C(F)(F)F.O=C(O)c1cc(N2CCN(C(=O)c3cn(-c4ccc5c(c4)OCCO5)c(-c4ccc(F)cc4)n3)CC2)cc2ccccc12. The Balaban J connectivity index is 0.000000561. The Morgan fingerprint density at radius 3 is 2.10 bits per heavy atom. The minimum absolute atomic E-state index is 0.218. The number of benzene rings is 4. The van der Waals surface area contributed by atoms with E-state index in [1.54, 1.807) is 33.9 Å². The molecule has 258 valence electrons. The molecule has 1 saturated heterocycles. The number of carboxylic acid groups (broad SMARTS) is 2. The molecule has 0 spiro atoms. The number of nitrogens with zero attached hydrogens (tertiary/aromatic N) is 4. The minimum atomic E-state index is -5.08. The van der Waals surface area contributed by atoms with Crippen molar-refractivity contribution in [2.75, 3.05) is 44.3 Å². The number of aliphatic carboxylic acids is 1. The molecule has 0 atom stereocenters. The number of carboxylic acids is 2. The zero-order valence-electron chi connectivity index (χ0n) is 26.1. The van der Waals surface area contributed by atoms with Crippen LogP contribution in [0.3, 0.4) is 0 Å². The summed E-state index contributed by atoms with van der Waals surface area (Å²) in [6, 6.07) is 22.6. The molecule has 50 heavy (non-hydrogen) atoms. The van der Waals surface area contributed by atoms with Gasteiger partial charge in [0.05, 0.1) is 11.3 Å². The predicted octanol–water partition coefficient (Wildman–Crippen LogP) is 5.90. The number of amides is 1. The minimum Gasteiger partial charge on any atom is -0.486 e. The number of rotatable bonds is 5. The van der Waals surface area contributed by atoms with Gasteiger partial charge in [0.1, 0.15) is 30.5 Å². The van der Waals surface area contributed by atoms with Gasteiger partial charge < -0.3 is 29.5 Å². The van der Waals surface area contributed by atoms with Gasteiger partial charge in [-0.25, -0.2) is 19.0 Å². The Bertz CT molecular complexity index is 2070. The van der Waals surface area contributed by atoms with E-state index in [-0.39, 0.29) is 23.0 Å². The number of aromatic carboxylic acids is 1. The van der Waals surface area contributed by atoms with Crippen LogP contribution in [0, 0.1) is 5.82 Å². The highest BCUT2D eigenvalue weighted by atomic mass is 19.4. The summed E-state index contributed by atoms with van der Waals surface area (Å²) >= 11 is 0. The molecular formula is C35H28F4N4O7. The molecule has 0 aliphatic carbocycles. The number of fused-ring (bicyclic) bond motifs is 2. The first-order valence-electron chi connectivity index (χ1n) is 15.2. The van der Waals surface area contributed by atoms with E-state index in [1.165, 1.54) is 12.1 Å². The molecule has 4 aromatic carbocycles. The fourth-order valence-electron chi connectivity index (χ4n) is 5.65. The van der Waals surface area contributed by atoms with Crippen LogP contribution in [0.4, 0.5) is 23.2 Å². The number of carbonyl (C=O) groups excluding carboxylic acids is 1. The van der Waals surface area contributed by atoms with E-state index < -0.39 is 18.1 Å². The van der Waals surface area contributed by atoms with Gasteiger partial charge in [0, 0.05) is 49.7 Å². The molecule has 2 aliphatic rings. The van der Waals surface area contributed by atoms with E-state index >= 15 is 0 Å². The predicted molar refractivity (Wildman–Crippen MR) is 173 cm³/mol. The number of halogens is 4. The molecule has 1 fully saturated rings. The lowest BCUT2D eigenvalue weighted by Gasteiger charge is -2.36. The highest BCUT2D eigenvalue weighted by molar-refractivity contribution is 6.05. The molecule has 2 N–H and O–H groups in total. The summed E-state index contributed by atoms with van der Waals surface area (Å²) in [6.07, 6.45) is -3.39. The van der Waals surface area contributed by atoms with E-state index in [2.05, 4.69) is 4.90 Å². The van der Waals surface area contributed by atoms with E-state index in [4.69, 9.17) is 24.4 Å². The first-order valence-corrected chi connectivity index (χ1v) is 15.2. The van der Waals surface area contributed by atoms with Crippen molar-refractivity contribution in [3.63, 3.8) is 0 Å². The summed E-state index contributed by atoms with van der Waals surface area (Å²) in [4.78, 5) is 43.1. The van der Waals surface area contributed by atoms with Crippen LogP contribution in [0.5, 0.6) is 11.5 Å². The Morgan fingerprint density at radius 1 is 0.780 bits per heavy atom. The van der Waals surface area contributed by atoms with Crippen LogP contribution < -0.4 is 14.4 Å². The van der Waals surface area contributed by atoms with Crippen LogP contribution in [-0.2, 0) is 4.79 Å². The summed E-state index contributed by atoms with van der Waals surface area (Å²) in [6.45, 7) is 2.88. The van der Waals surface area contributed by atoms with Crippen molar-refractivity contribution >= 4 is 34.3 Å². The van der Waals surface area contributed by atoms with Gasteiger partial charge in [-0.1, -0.05) is 24.3 Å². The van der Waals surface area contributed by atoms with Crippen molar-refractivity contribution in [2.24, 2.45) is 0 Å². The van der Waals surface area contributed by atoms with Gasteiger partial charge in [-0.2, -0.15) is 13.2 Å². The molecule has 2 aliphatic heterocycles. The first kappa shape index (κ1) is 33.8. The molecule has 11 nitrogen and oxygen atoms in total. The maximum absolute atomic E-state index is 13.7.